The maximum Gasteiger partial charge on any atom is 0.273 e. The lowest BCUT2D eigenvalue weighted by Gasteiger charge is -2.57. The highest BCUT2D eigenvalue weighted by atomic mass is 35.5. The van der Waals surface area contributed by atoms with Crippen LogP contribution in [0.3, 0.4) is 0 Å². The maximum absolute atomic E-state index is 13.9. The lowest BCUT2D eigenvalue weighted by atomic mass is 9.87. The highest BCUT2D eigenvalue weighted by Gasteiger charge is 2.63. The number of benzene rings is 1. The number of nitrogens with zero attached hydrogens (tertiary/aromatic N) is 5. The molecule has 41 heavy (non-hydrogen) atoms. The van der Waals surface area contributed by atoms with Gasteiger partial charge in [-0.25, -0.2) is 22.8 Å². The second-order valence-corrected chi connectivity index (χ2v) is 11.7. The molecule has 6 atom stereocenters. The van der Waals surface area contributed by atoms with Crippen molar-refractivity contribution in [2.45, 2.75) is 60.7 Å². The molecule has 0 saturated carbocycles. The molecule has 3 aliphatic heterocycles. The highest BCUT2D eigenvalue weighted by molar-refractivity contribution is 8.00. The molecule has 3 saturated heterocycles. The van der Waals surface area contributed by atoms with E-state index in [-0.39, 0.29) is 29.5 Å². The number of fused-ring (bicyclic) bond motifs is 1. The minimum absolute atomic E-state index is 0.0178. The van der Waals surface area contributed by atoms with E-state index in [1.165, 1.54) is 35.8 Å². The largest absolute Gasteiger partial charge is 0.373 e. The molecular formula is C26H25ClF3N5O5S. The monoisotopic (exact) mass is 611 g/mol. The Morgan fingerprint density at radius 1 is 1.27 bits per heavy atom. The number of carbonyl (C=O) groups excluding carboxylic acids is 1. The van der Waals surface area contributed by atoms with Crippen LogP contribution >= 0.6 is 23.4 Å². The first-order valence-electron chi connectivity index (χ1n) is 12.9. The molecule has 10 nitrogen and oxygen atoms in total. The number of likely N-dealkylation sites (tertiary alicyclic amines) is 1. The summed E-state index contributed by atoms with van der Waals surface area (Å²) in [7, 11) is 0. The molecule has 6 rings (SSSR count). The van der Waals surface area contributed by atoms with Crippen LogP contribution < -0.4 is 0 Å². The third kappa shape index (κ3) is 5.10. The van der Waals surface area contributed by atoms with E-state index in [2.05, 4.69) is 15.3 Å². The quantitative estimate of drug-likeness (QED) is 0.399. The SMILES string of the molecule is CCOC1C(n2cc(-c3cc(F)c(F)c(F)c3)nn2)[C@H]2OC(C)(O)C2O[C@@H]1Sc1cc(Cl)cnc1C(=O)N1CCC1. The molecule has 15 heteroatoms. The minimum atomic E-state index is -1.63. The first kappa shape index (κ1) is 28.4. The lowest BCUT2D eigenvalue weighted by Crippen LogP contribution is -2.72. The molecule has 0 spiro atoms. The summed E-state index contributed by atoms with van der Waals surface area (Å²) >= 11 is 7.43. The van der Waals surface area contributed by atoms with Gasteiger partial charge in [-0.05, 0) is 38.5 Å². The Balaban J connectivity index is 1.36. The predicted molar refractivity (Wildman–Crippen MR) is 140 cm³/mol. The van der Waals surface area contributed by atoms with E-state index >= 15 is 0 Å². The number of aliphatic hydroxyl groups is 1. The summed E-state index contributed by atoms with van der Waals surface area (Å²) in [6.07, 6.45) is 1.44. The van der Waals surface area contributed by atoms with Crippen molar-refractivity contribution in [1.82, 2.24) is 24.9 Å². The van der Waals surface area contributed by atoms with Crippen LogP contribution in [0, 0.1) is 17.5 Å². The Hall–Kier alpha value is -2.75. The fraction of sp³-hybridized carbons (Fsp3) is 0.462. The standard InChI is InChI=1S/C26H25ClF3N5O5S/c1-3-38-22-20(35-11-16(32-33-35)12-7-14(28)18(30)15(29)8-12)21-23(26(2,37)40-21)39-25(22)41-17-9-13(27)10-31-19(17)24(36)34-5-4-6-34/h7-11,20-23,25,37H,3-6H2,1-2H3/t20?,21-,22?,23?,25-,26?/m1/s1. The molecule has 2 aromatic heterocycles. The molecule has 3 aliphatic rings. The zero-order valence-electron chi connectivity index (χ0n) is 21.8. The van der Waals surface area contributed by atoms with Gasteiger partial charge in [0.2, 0.25) is 0 Å². The van der Waals surface area contributed by atoms with Crippen LogP contribution in [0.1, 0.15) is 36.8 Å². The van der Waals surface area contributed by atoms with Crippen LogP contribution in [0.2, 0.25) is 5.02 Å². The van der Waals surface area contributed by atoms with Crippen molar-refractivity contribution >= 4 is 29.3 Å². The Bertz CT molecular complexity index is 1470. The summed E-state index contributed by atoms with van der Waals surface area (Å²) in [5.74, 6) is -6.17. The van der Waals surface area contributed by atoms with Crippen molar-refractivity contribution in [3.05, 3.63) is 58.8 Å². The van der Waals surface area contributed by atoms with Crippen LogP contribution in [0.5, 0.6) is 0 Å². The van der Waals surface area contributed by atoms with Gasteiger partial charge in [-0.2, -0.15) is 0 Å². The molecule has 4 unspecified atom stereocenters. The number of halogens is 4. The smallest absolute Gasteiger partial charge is 0.273 e. The summed E-state index contributed by atoms with van der Waals surface area (Å²) < 4.78 is 60.9. The number of carbonyl (C=O) groups is 1. The average Bonchev–Trinajstić information content (AvgIpc) is 3.37. The third-order valence-electron chi connectivity index (χ3n) is 7.29. The zero-order chi connectivity index (χ0) is 29.1. The molecule has 1 amide bonds. The zero-order valence-corrected chi connectivity index (χ0v) is 23.4. The lowest BCUT2D eigenvalue weighted by molar-refractivity contribution is -0.417. The van der Waals surface area contributed by atoms with Crippen molar-refractivity contribution in [2.75, 3.05) is 19.7 Å². The van der Waals surface area contributed by atoms with Gasteiger partial charge in [0.25, 0.3) is 5.91 Å². The topological polar surface area (TPSA) is 112 Å². The van der Waals surface area contributed by atoms with E-state index in [1.54, 1.807) is 17.9 Å². The van der Waals surface area contributed by atoms with Crippen LogP contribution in [-0.2, 0) is 14.2 Å². The molecule has 0 radical (unpaired) electrons. The summed E-state index contributed by atoms with van der Waals surface area (Å²) in [5, 5.41) is 19.3. The molecule has 0 aliphatic carbocycles. The van der Waals surface area contributed by atoms with Crippen molar-refractivity contribution in [2.24, 2.45) is 0 Å². The number of hydrogen-bond acceptors (Lipinski definition) is 9. The Labute approximate surface area is 241 Å². The van der Waals surface area contributed by atoms with Crippen LogP contribution in [0.25, 0.3) is 11.3 Å². The number of ether oxygens (including phenoxy) is 3. The summed E-state index contributed by atoms with van der Waals surface area (Å²) in [5.41, 5.74) is -0.515. The van der Waals surface area contributed by atoms with E-state index in [1.807, 2.05) is 0 Å². The second kappa shape index (κ2) is 10.8. The maximum atomic E-state index is 13.9. The third-order valence-corrected chi connectivity index (χ3v) is 8.67. The van der Waals surface area contributed by atoms with Gasteiger partial charge in [0.1, 0.15) is 41.2 Å². The number of hydrogen-bond donors (Lipinski definition) is 1. The molecule has 1 aromatic carbocycles. The average molecular weight is 612 g/mol. The van der Waals surface area contributed by atoms with E-state index in [0.29, 0.717) is 23.0 Å². The number of amides is 1. The predicted octanol–water partition coefficient (Wildman–Crippen LogP) is 3.83. The van der Waals surface area contributed by atoms with Gasteiger partial charge in [0, 0.05) is 36.4 Å². The normalized spacial score (nSPS) is 29.0. The van der Waals surface area contributed by atoms with Gasteiger partial charge in [-0.3, -0.25) is 4.79 Å². The number of thioether (sulfide) groups is 1. The molecule has 1 N–H and O–H groups in total. The van der Waals surface area contributed by atoms with E-state index in [9.17, 15) is 23.1 Å². The summed E-state index contributed by atoms with van der Waals surface area (Å²) in [4.78, 5) is 19.6. The van der Waals surface area contributed by atoms with Gasteiger partial charge in [-0.15, -0.1) is 5.10 Å². The first-order valence-corrected chi connectivity index (χ1v) is 14.2. The highest BCUT2D eigenvalue weighted by Crippen LogP contribution is 2.50. The molecular weight excluding hydrogens is 587 g/mol. The van der Waals surface area contributed by atoms with Crippen molar-refractivity contribution in [1.29, 1.82) is 0 Å². The number of rotatable bonds is 7. The van der Waals surface area contributed by atoms with Crippen LogP contribution in [-0.4, -0.2) is 85.1 Å². The molecule has 3 aromatic rings. The number of pyridine rings is 1. The van der Waals surface area contributed by atoms with E-state index < -0.39 is 53.0 Å². The van der Waals surface area contributed by atoms with Crippen molar-refractivity contribution in [3.63, 3.8) is 0 Å². The summed E-state index contributed by atoms with van der Waals surface area (Å²) in [6.45, 7) is 4.79. The Morgan fingerprint density at radius 2 is 2.00 bits per heavy atom. The Kier molecular flexibility index (Phi) is 7.49. The van der Waals surface area contributed by atoms with Crippen molar-refractivity contribution in [3.8, 4) is 11.3 Å². The first-order chi connectivity index (χ1) is 19.6. The van der Waals surface area contributed by atoms with Gasteiger partial charge in [0.15, 0.2) is 23.2 Å². The number of aromatic nitrogens is 4. The van der Waals surface area contributed by atoms with Crippen LogP contribution in [0.4, 0.5) is 13.2 Å². The van der Waals surface area contributed by atoms with Crippen molar-refractivity contribution < 1.29 is 37.3 Å². The van der Waals surface area contributed by atoms with E-state index in [4.69, 9.17) is 25.8 Å². The Morgan fingerprint density at radius 3 is 2.63 bits per heavy atom. The van der Waals surface area contributed by atoms with Gasteiger partial charge in [-0.1, -0.05) is 28.6 Å². The molecule has 218 valence electrons. The van der Waals surface area contributed by atoms with Gasteiger partial charge in [0.05, 0.1) is 11.2 Å². The second-order valence-electron chi connectivity index (χ2n) is 10.1. The molecule has 3 fully saturated rings. The minimum Gasteiger partial charge on any atom is -0.373 e. The van der Waals surface area contributed by atoms with E-state index in [0.717, 1.165) is 18.6 Å². The van der Waals surface area contributed by atoms with Crippen LogP contribution in [0.15, 0.2) is 35.5 Å². The molecule has 5 heterocycles. The van der Waals surface area contributed by atoms with Gasteiger partial charge >= 0.3 is 0 Å². The summed E-state index contributed by atoms with van der Waals surface area (Å²) in [6, 6.07) is 2.56. The molecule has 0 bridgehead atoms. The fourth-order valence-corrected chi connectivity index (χ4v) is 6.62. The fourth-order valence-electron chi connectivity index (χ4n) is 5.15. The van der Waals surface area contributed by atoms with Gasteiger partial charge < -0.3 is 24.2 Å².